The molecule has 1 aromatic heterocycles. The Morgan fingerprint density at radius 2 is 2.00 bits per heavy atom. The quantitative estimate of drug-likeness (QED) is 0.830. The van der Waals surface area contributed by atoms with Gasteiger partial charge >= 0.3 is 0 Å². The Morgan fingerprint density at radius 3 is 2.60 bits per heavy atom. The van der Waals surface area contributed by atoms with Crippen molar-refractivity contribution >= 4 is 0 Å². The van der Waals surface area contributed by atoms with Crippen molar-refractivity contribution in [1.29, 1.82) is 0 Å². The third-order valence-electron chi connectivity index (χ3n) is 3.32. The Bertz CT molecular complexity index is 578. The molecule has 0 aliphatic heterocycles. The van der Waals surface area contributed by atoms with Gasteiger partial charge in [0.2, 0.25) is 0 Å². The molecule has 0 aliphatic rings. The van der Waals surface area contributed by atoms with E-state index in [9.17, 15) is 4.39 Å². The topological polar surface area (TPSA) is 29.3 Å². The van der Waals surface area contributed by atoms with Crippen molar-refractivity contribution in [3.8, 4) is 0 Å². The standard InChI is InChI=1S/C16H21FN2O/c1-11(2)16-8-15(18-20-16)10-19(4)9-13-5-6-14(17)7-12(13)3/h5-8,11H,9-10H2,1-4H3. The van der Waals surface area contributed by atoms with Crippen LogP contribution in [0, 0.1) is 12.7 Å². The van der Waals surface area contributed by atoms with Gasteiger partial charge < -0.3 is 4.52 Å². The minimum absolute atomic E-state index is 0.188. The van der Waals surface area contributed by atoms with Crippen molar-refractivity contribution in [3.05, 3.63) is 52.7 Å². The number of nitrogens with zero attached hydrogens (tertiary/aromatic N) is 2. The molecule has 0 atom stereocenters. The molecular weight excluding hydrogens is 255 g/mol. The molecule has 3 nitrogen and oxygen atoms in total. The molecule has 0 spiro atoms. The Morgan fingerprint density at radius 1 is 1.25 bits per heavy atom. The van der Waals surface area contributed by atoms with Crippen LogP contribution >= 0.6 is 0 Å². The molecule has 1 heterocycles. The summed E-state index contributed by atoms with van der Waals surface area (Å²) >= 11 is 0. The maximum atomic E-state index is 13.1. The van der Waals surface area contributed by atoms with Gasteiger partial charge in [-0.15, -0.1) is 0 Å². The fourth-order valence-corrected chi connectivity index (χ4v) is 2.13. The predicted octanol–water partition coefficient (Wildman–Crippen LogP) is 3.88. The molecule has 108 valence electrons. The molecular formula is C16H21FN2O. The second-order valence-electron chi connectivity index (χ2n) is 5.62. The molecule has 0 unspecified atom stereocenters. The highest BCUT2D eigenvalue weighted by molar-refractivity contribution is 5.26. The van der Waals surface area contributed by atoms with Crippen molar-refractivity contribution in [3.63, 3.8) is 0 Å². The SMILES string of the molecule is Cc1cc(F)ccc1CN(C)Cc1cc(C(C)C)on1. The summed E-state index contributed by atoms with van der Waals surface area (Å²) < 4.78 is 18.4. The van der Waals surface area contributed by atoms with Crippen LogP contribution in [-0.4, -0.2) is 17.1 Å². The fourth-order valence-electron chi connectivity index (χ4n) is 2.13. The molecule has 2 rings (SSSR count). The van der Waals surface area contributed by atoms with Crippen molar-refractivity contribution in [2.24, 2.45) is 0 Å². The highest BCUT2D eigenvalue weighted by Gasteiger charge is 2.10. The van der Waals surface area contributed by atoms with Crippen LogP contribution in [0.3, 0.4) is 0 Å². The van der Waals surface area contributed by atoms with Crippen molar-refractivity contribution in [1.82, 2.24) is 10.1 Å². The van der Waals surface area contributed by atoms with E-state index in [4.69, 9.17) is 4.52 Å². The lowest BCUT2D eigenvalue weighted by molar-refractivity contribution is 0.299. The van der Waals surface area contributed by atoms with Gasteiger partial charge in [-0.25, -0.2) is 4.39 Å². The first kappa shape index (κ1) is 14.7. The van der Waals surface area contributed by atoms with Crippen molar-refractivity contribution in [2.75, 3.05) is 7.05 Å². The Kier molecular flexibility index (Phi) is 4.55. The monoisotopic (exact) mass is 276 g/mol. The summed E-state index contributed by atoms with van der Waals surface area (Å²) in [4.78, 5) is 2.14. The van der Waals surface area contributed by atoms with Crippen LogP contribution in [0.25, 0.3) is 0 Å². The zero-order valence-corrected chi connectivity index (χ0v) is 12.5. The number of aryl methyl sites for hydroxylation is 1. The molecule has 2 aromatic rings. The van der Waals surface area contributed by atoms with Gasteiger partial charge in [0.25, 0.3) is 0 Å². The average molecular weight is 276 g/mol. The maximum absolute atomic E-state index is 13.1. The van der Waals surface area contributed by atoms with Gasteiger partial charge in [0.15, 0.2) is 0 Å². The Labute approximate surface area is 119 Å². The van der Waals surface area contributed by atoms with E-state index in [1.54, 1.807) is 6.07 Å². The minimum atomic E-state index is -0.188. The first-order valence-corrected chi connectivity index (χ1v) is 6.84. The molecule has 0 fully saturated rings. The van der Waals surface area contributed by atoms with Crippen LogP contribution in [0.5, 0.6) is 0 Å². The van der Waals surface area contributed by atoms with Gasteiger partial charge in [0, 0.05) is 25.1 Å². The predicted molar refractivity (Wildman–Crippen MR) is 76.9 cm³/mol. The molecule has 4 heteroatoms. The van der Waals surface area contributed by atoms with E-state index in [-0.39, 0.29) is 5.82 Å². The average Bonchev–Trinajstić information content (AvgIpc) is 2.81. The van der Waals surface area contributed by atoms with E-state index in [1.165, 1.54) is 6.07 Å². The Hall–Kier alpha value is -1.68. The first-order chi connectivity index (χ1) is 9.45. The number of benzene rings is 1. The van der Waals surface area contributed by atoms with Crippen LogP contribution in [0.15, 0.2) is 28.8 Å². The summed E-state index contributed by atoms with van der Waals surface area (Å²) in [6, 6.07) is 6.90. The third kappa shape index (κ3) is 3.67. The van der Waals surface area contributed by atoms with E-state index in [0.717, 1.165) is 29.1 Å². The van der Waals surface area contributed by atoms with Crippen molar-refractivity contribution in [2.45, 2.75) is 39.8 Å². The molecule has 0 bridgehead atoms. The second-order valence-corrected chi connectivity index (χ2v) is 5.62. The summed E-state index contributed by atoms with van der Waals surface area (Å²) in [6.07, 6.45) is 0. The fraction of sp³-hybridized carbons (Fsp3) is 0.438. The summed E-state index contributed by atoms with van der Waals surface area (Å²) in [5.41, 5.74) is 3.03. The molecule has 1 aromatic carbocycles. The molecule has 20 heavy (non-hydrogen) atoms. The molecule has 0 amide bonds. The number of hydrogen-bond acceptors (Lipinski definition) is 3. The van der Waals surface area contributed by atoms with Crippen LogP contribution < -0.4 is 0 Å². The van der Waals surface area contributed by atoms with Gasteiger partial charge in [0.1, 0.15) is 11.6 Å². The molecule has 0 aliphatic carbocycles. The van der Waals surface area contributed by atoms with E-state index >= 15 is 0 Å². The summed E-state index contributed by atoms with van der Waals surface area (Å²) in [5.74, 6) is 1.07. The number of rotatable bonds is 5. The molecule has 0 radical (unpaired) electrons. The zero-order chi connectivity index (χ0) is 14.7. The van der Waals surface area contributed by atoms with E-state index in [0.29, 0.717) is 12.5 Å². The lowest BCUT2D eigenvalue weighted by atomic mass is 10.1. The van der Waals surface area contributed by atoms with Gasteiger partial charge in [-0.2, -0.15) is 0 Å². The van der Waals surface area contributed by atoms with Crippen molar-refractivity contribution < 1.29 is 8.91 Å². The lowest BCUT2D eigenvalue weighted by Crippen LogP contribution is -2.18. The van der Waals surface area contributed by atoms with E-state index in [2.05, 4.69) is 23.9 Å². The number of halogens is 1. The van der Waals surface area contributed by atoms with E-state index < -0.39 is 0 Å². The maximum Gasteiger partial charge on any atom is 0.139 e. The highest BCUT2D eigenvalue weighted by atomic mass is 19.1. The zero-order valence-electron chi connectivity index (χ0n) is 12.5. The molecule has 0 N–H and O–H groups in total. The van der Waals surface area contributed by atoms with Gasteiger partial charge in [-0.05, 0) is 37.2 Å². The normalized spacial score (nSPS) is 11.6. The van der Waals surface area contributed by atoms with Crippen LogP contribution in [0.1, 0.15) is 42.3 Å². The smallest absolute Gasteiger partial charge is 0.139 e. The molecule has 0 saturated heterocycles. The number of aromatic nitrogens is 1. The molecule has 0 saturated carbocycles. The lowest BCUT2D eigenvalue weighted by Gasteiger charge is -2.16. The number of hydrogen-bond donors (Lipinski definition) is 0. The summed E-state index contributed by atoms with van der Waals surface area (Å²) in [5, 5.41) is 4.08. The van der Waals surface area contributed by atoms with Crippen LogP contribution in [0.2, 0.25) is 0 Å². The van der Waals surface area contributed by atoms with Gasteiger partial charge in [-0.3, -0.25) is 4.90 Å². The van der Waals surface area contributed by atoms with Crippen LogP contribution in [-0.2, 0) is 13.1 Å². The van der Waals surface area contributed by atoms with Gasteiger partial charge in [0.05, 0.1) is 5.69 Å². The third-order valence-corrected chi connectivity index (χ3v) is 3.32. The summed E-state index contributed by atoms with van der Waals surface area (Å²) in [7, 11) is 2.02. The van der Waals surface area contributed by atoms with E-state index in [1.807, 2.05) is 26.1 Å². The summed E-state index contributed by atoms with van der Waals surface area (Å²) in [6.45, 7) is 7.56. The van der Waals surface area contributed by atoms with Crippen LogP contribution in [0.4, 0.5) is 4.39 Å². The largest absolute Gasteiger partial charge is 0.361 e. The first-order valence-electron chi connectivity index (χ1n) is 6.84. The second kappa shape index (κ2) is 6.18. The highest BCUT2D eigenvalue weighted by Crippen LogP contribution is 2.17. The minimum Gasteiger partial charge on any atom is -0.361 e. The van der Waals surface area contributed by atoms with Gasteiger partial charge in [-0.1, -0.05) is 25.1 Å². The Balaban J connectivity index is 1.99.